The van der Waals surface area contributed by atoms with E-state index >= 15 is 0 Å². The van der Waals surface area contributed by atoms with Gasteiger partial charge in [-0.25, -0.2) is 13.1 Å². The van der Waals surface area contributed by atoms with E-state index in [9.17, 15) is 8.42 Å². The van der Waals surface area contributed by atoms with E-state index in [1.165, 1.54) is 24.3 Å². The van der Waals surface area contributed by atoms with Crippen molar-refractivity contribution in [2.24, 2.45) is 0 Å². The largest absolute Gasteiger partial charge is 0.399 e. The number of nitrogens with two attached hydrogens (primary N) is 1. The molecule has 114 valence electrons. The maximum atomic E-state index is 11.9. The molecular formula is C12H20N2O5S. The highest BCUT2D eigenvalue weighted by molar-refractivity contribution is 7.89. The van der Waals surface area contributed by atoms with E-state index in [0.717, 1.165) is 0 Å². The summed E-state index contributed by atoms with van der Waals surface area (Å²) in [5.74, 6) is 0. The molecule has 0 aliphatic rings. The maximum Gasteiger partial charge on any atom is 0.240 e. The standard InChI is InChI=1S/C12H20N2O5S/c13-11-1-3-12(4-2-11)20(16,17)14-5-7-18-9-10-19-8-6-15/h1-4,14-15H,5-10,13H2. The van der Waals surface area contributed by atoms with Crippen LogP contribution in [0.2, 0.25) is 0 Å². The lowest BCUT2D eigenvalue weighted by molar-refractivity contribution is 0.0348. The van der Waals surface area contributed by atoms with E-state index < -0.39 is 10.0 Å². The van der Waals surface area contributed by atoms with Crippen molar-refractivity contribution in [2.45, 2.75) is 4.90 Å². The predicted molar refractivity (Wildman–Crippen MR) is 74.8 cm³/mol. The van der Waals surface area contributed by atoms with Crippen molar-refractivity contribution in [3.05, 3.63) is 24.3 Å². The molecule has 0 aromatic heterocycles. The fourth-order valence-electron chi connectivity index (χ4n) is 1.37. The van der Waals surface area contributed by atoms with Crippen LogP contribution < -0.4 is 10.5 Å². The molecule has 0 heterocycles. The van der Waals surface area contributed by atoms with Crippen LogP contribution in [-0.2, 0) is 19.5 Å². The summed E-state index contributed by atoms with van der Waals surface area (Å²) in [5.41, 5.74) is 6.01. The smallest absolute Gasteiger partial charge is 0.240 e. The van der Waals surface area contributed by atoms with Gasteiger partial charge in [0, 0.05) is 12.2 Å². The fourth-order valence-corrected chi connectivity index (χ4v) is 2.38. The number of nitrogen functional groups attached to an aromatic ring is 1. The molecule has 0 spiro atoms. The first-order chi connectivity index (χ1) is 9.56. The van der Waals surface area contributed by atoms with Crippen LogP contribution in [0.4, 0.5) is 5.69 Å². The van der Waals surface area contributed by atoms with E-state index in [-0.39, 0.29) is 31.3 Å². The number of aliphatic hydroxyl groups excluding tert-OH is 1. The molecule has 0 radical (unpaired) electrons. The van der Waals surface area contributed by atoms with E-state index in [1.54, 1.807) is 0 Å². The van der Waals surface area contributed by atoms with Crippen molar-refractivity contribution < 1.29 is 23.0 Å². The molecule has 1 aromatic rings. The van der Waals surface area contributed by atoms with Crippen LogP contribution in [-0.4, -0.2) is 53.1 Å². The second-order valence-corrected chi connectivity index (χ2v) is 5.68. The highest BCUT2D eigenvalue weighted by Crippen LogP contribution is 2.10. The second kappa shape index (κ2) is 8.88. The zero-order valence-corrected chi connectivity index (χ0v) is 11.9. The minimum atomic E-state index is -3.53. The monoisotopic (exact) mass is 304 g/mol. The Hall–Kier alpha value is -1.19. The normalized spacial score (nSPS) is 11.7. The van der Waals surface area contributed by atoms with Gasteiger partial charge in [-0.05, 0) is 24.3 Å². The maximum absolute atomic E-state index is 11.9. The van der Waals surface area contributed by atoms with Crippen molar-refractivity contribution in [2.75, 3.05) is 45.3 Å². The van der Waals surface area contributed by atoms with Crippen LogP contribution in [0, 0.1) is 0 Å². The highest BCUT2D eigenvalue weighted by Gasteiger charge is 2.12. The predicted octanol–water partition coefficient (Wildman–Crippen LogP) is -0.427. The van der Waals surface area contributed by atoms with E-state index in [2.05, 4.69) is 4.72 Å². The van der Waals surface area contributed by atoms with Crippen LogP contribution in [0.25, 0.3) is 0 Å². The average Bonchev–Trinajstić information content (AvgIpc) is 2.42. The third-order valence-electron chi connectivity index (χ3n) is 2.34. The highest BCUT2D eigenvalue weighted by atomic mass is 32.2. The number of sulfonamides is 1. The van der Waals surface area contributed by atoms with Crippen LogP contribution in [0.1, 0.15) is 0 Å². The lowest BCUT2D eigenvalue weighted by Gasteiger charge is -2.08. The number of rotatable bonds is 10. The first-order valence-corrected chi connectivity index (χ1v) is 7.66. The molecule has 1 rings (SSSR count). The summed E-state index contributed by atoms with van der Waals surface area (Å²) in [4.78, 5) is 0.165. The lowest BCUT2D eigenvalue weighted by atomic mass is 10.3. The van der Waals surface area contributed by atoms with Gasteiger partial charge in [-0.2, -0.15) is 0 Å². The zero-order valence-electron chi connectivity index (χ0n) is 11.1. The Morgan fingerprint density at radius 2 is 1.65 bits per heavy atom. The van der Waals surface area contributed by atoms with Gasteiger partial charge in [0.1, 0.15) is 0 Å². The third-order valence-corrected chi connectivity index (χ3v) is 3.81. The van der Waals surface area contributed by atoms with Gasteiger partial charge >= 0.3 is 0 Å². The lowest BCUT2D eigenvalue weighted by Crippen LogP contribution is -2.27. The number of hydrogen-bond donors (Lipinski definition) is 3. The Kier molecular flexibility index (Phi) is 7.48. The fraction of sp³-hybridized carbons (Fsp3) is 0.500. The summed E-state index contributed by atoms with van der Waals surface area (Å²) >= 11 is 0. The molecule has 8 heteroatoms. The van der Waals surface area contributed by atoms with Gasteiger partial charge < -0.3 is 20.3 Å². The molecule has 0 unspecified atom stereocenters. The molecule has 0 saturated heterocycles. The Labute approximate surface area is 118 Å². The van der Waals surface area contributed by atoms with Gasteiger partial charge in [0.25, 0.3) is 0 Å². The number of hydrogen-bond acceptors (Lipinski definition) is 6. The summed E-state index contributed by atoms with van der Waals surface area (Å²) in [6.07, 6.45) is 0. The minimum Gasteiger partial charge on any atom is -0.399 e. The molecule has 0 saturated carbocycles. The van der Waals surface area contributed by atoms with Crippen molar-refractivity contribution in [3.63, 3.8) is 0 Å². The van der Waals surface area contributed by atoms with E-state index in [4.69, 9.17) is 20.3 Å². The van der Waals surface area contributed by atoms with Gasteiger partial charge in [0.15, 0.2) is 0 Å². The summed E-state index contributed by atoms with van der Waals surface area (Å²) < 4.78 is 36.3. The van der Waals surface area contributed by atoms with E-state index in [0.29, 0.717) is 18.9 Å². The Morgan fingerprint density at radius 1 is 1.05 bits per heavy atom. The molecule has 4 N–H and O–H groups in total. The molecule has 0 aliphatic heterocycles. The molecule has 0 bridgehead atoms. The van der Waals surface area contributed by atoms with Gasteiger partial charge in [-0.3, -0.25) is 0 Å². The van der Waals surface area contributed by atoms with Crippen molar-refractivity contribution in [1.29, 1.82) is 0 Å². The molecular weight excluding hydrogens is 284 g/mol. The summed E-state index contributed by atoms with van der Waals surface area (Å²) in [6, 6.07) is 5.95. The first kappa shape index (κ1) is 16.9. The van der Waals surface area contributed by atoms with Crippen LogP contribution in [0.3, 0.4) is 0 Å². The summed E-state index contributed by atoms with van der Waals surface area (Å²) in [5, 5.41) is 8.47. The van der Waals surface area contributed by atoms with Crippen LogP contribution >= 0.6 is 0 Å². The van der Waals surface area contributed by atoms with Gasteiger partial charge in [-0.1, -0.05) is 0 Å². The Bertz CT molecular complexity index is 475. The summed E-state index contributed by atoms with van der Waals surface area (Å²) in [6.45, 7) is 1.38. The topological polar surface area (TPSA) is 111 Å². The second-order valence-electron chi connectivity index (χ2n) is 3.92. The number of aliphatic hydroxyl groups is 1. The number of anilines is 1. The summed E-state index contributed by atoms with van der Waals surface area (Å²) in [7, 11) is -3.53. The van der Waals surface area contributed by atoms with Crippen LogP contribution in [0.5, 0.6) is 0 Å². The molecule has 20 heavy (non-hydrogen) atoms. The zero-order chi connectivity index (χ0) is 14.8. The third kappa shape index (κ3) is 6.31. The Morgan fingerprint density at radius 3 is 2.25 bits per heavy atom. The molecule has 0 aliphatic carbocycles. The van der Waals surface area contributed by atoms with Gasteiger partial charge in [0.05, 0.1) is 37.9 Å². The number of ether oxygens (including phenoxy) is 2. The molecule has 1 aromatic carbocycles. The van der Waals surface area contributed by atoms with Gasteiger partial charge in [-0.15, -0.1) is 0 Å². The Balaban J connectivity index is 2.22. The van der Waals surface area contributed by atoms with Crippen molar-refractivity contribution in [3.8, 4) is 0 Å². The van der Waals surface area contributed by atoms with Crippen molar-refractivity contribution in [1.82, 2.24) is 4.72 Å². The molecule has 0 atom stereocenters. The minimum absolute atomic E-state index is 0.0264. The van der Waals surface area contributed by atoms with E-state index in [1.807, 2.05) is 0 Å². The van der Waals surface area contributed by atoms with Crippen molar-refractivity contribution >= 4 is 15.7 Å². The SMILES string of the molecule is Nc1ccc(S(=O)(=O)NCCOCCOCCO)cc1. The number of benzene rings is 1. The van der Waals surface area contributed by atoms with Gasteiger partial charge in [0.2, 0.25) is 10.0 Å². The first-order valence-electron chi connectivity index (χ1n) is 6.18. The number of nitrogens with one attached hydrogen (secondary N) is 1. The molecule has 7 nitrogen and oxygen atoms in total. The van der Waals surface area contributed by atoms with Crippen LogP contribution in [0.15, 0.2) is 29.2 Å². The average molecular weight is 304 g/mol. The quantitative estimate of drug-likeness (QED) is 0.400. The molecule has 0 amide bonds. The molecule has 0 fully saturated rings.